The summed E-state index contributed by atoms with van der Waals surface area (Å²) in [5.41, 5.74) is 7.44. The molecule has 3 nitrogen and oxygen atoms in total. The number of imidazole rings is 1. The molecule has 152 valence electrons. The van der Waals surface area contributed by atoms with Gasteiger partial charge in [-0.15, -0.1) is 0 Å². The average Bonchev–Trinajstić information content (AvgIpc) is 3.02. The van der Waals surface area contributed by atoms with Gasteiger partial charge in [0.25, 0.3) is 0 Å². The zero-order valence-electron chi connectivity index (χ0n) is 17.9. The first-order chi connectivity index (χ1) is 12.6. The lowest BCUT2D eigenvalue weighted by atomic mass is 9.97. The summed E-state index contributed by atoms with van der Waals surface area (Å²) in [5, 5.41) is 0. The fraction of sp³-hybridized carbons (Fsp3) is 0.870. The van der Waals surface area contributed by atoms with Crippen molar-refractivity contribution in [1.82, 2.24) is 9.97 Å². The van der Waals surface area contributed by atoms with Crippen LogP contribution in [0.15, 0.2) is 6.20 Å². The van der Waals surface area contributed by atoms with Gasteiger partial charge >= 0.3 is 0 Å². The highest BCUT2D eigenvalue weighted by Gasteiger charge is 2.07. The predicted molar refractivity (Wildman–Crippen MR) is 114 cm³/mol. The van der Waals surface area contributed by atoms with Crippen molar-refractivity contribution < 1.29 is 0 Å². The molecular weight excluding hydrogens is 318 g/mol. The fourth-order valence-electron chi connectivity index (χ4n) is 3.76. The van der Waals surface area contributed by atoms with Gasteiger partial charge in [-0.25, -0.2) is 4.98 Å². The van der Waals surface area contributed by atoms with Crippen molar-refractivity contribution in [3.8, 4) is 0 Å². The average molecular weight is 364 g/mol. The van der Waals surface area contributed by atoms with E-state index in [9.17, 15) is 0 Å². The summed E-state index contributed by atoms with van der Waals surface area (Å²) in [6.07, 6.45) is 21.8. The third-order valence-corrected chi connectivity index (χ3v) is 5.50. The molecule has 0 saturated heterocycles. The quantitative estimate of drug-likeness (QED) is 0.302. The maximum atomic E-state index is 6.28. The molecule has 0 aliphatic rings. The summed E-state index contributed by atoms with van der Waals surface area (Å²) in [4.78, 5) is 7.75. The van der Waals surface area contributed by atoms with E-state index in [0.717, 1.165) is 18.2 Å². The number of H-pyrrole nitrogens is 1. The van der Waals surface area contributed by atoms with Gasteiger partial charge in [0.15, 0.2) is 0 Å². The second-order valence-corrected chi connectivity index (χ2v) is 8.48. The Morgan fingerprint density at radius 1 is 0.885 bits per heavy atom. The Balaban J connectivity index is 1.87. The Labute approximate surface area is 162 Å². The van der Waals surface area contributed by atoms with E-state index < -0.39 is 0 Å². The van der Waals surface area contributed by atoms with Gasteiger partial charge in [-0.2, -0.15) is 0 Å². The fourth-order valence-corrected chi connectivity index (χ4v) is 3.76. The molecule has 1 rings (SSSR count). The van der Waals surface area contributed by atoms with Gasteiger partial charge < -0.3 is 10.7 Å². The molecule has 2 atom stereocenters. The molecule has 0 aliphatic carbocycles. The van der Waals surface area contributed by atoms with Gasteiger partial charge in [0.2, 0.25) is 0 Å². The van der Waals surface area contributed by atoms with Crippen molar-refractivity contribution in [2.45, 2.75) is 123 Å². The van der Waals surface area contributed by atoms with Crippen molar-refractivity contribution in [2.75, 3.05) is 0 Å². The number of hydrogen-bond acceptors (Lipinski definition) is 2. The number of nitrogens with zero attached hydrogens (tertiary/aromatic N) is 1. The summed E-state index contributed by atoms with van der Waals surface area (Å²) >= 11 is 0. The van der Waals surface area contributed by atoms with Gasteiger partial charge in [-0.3, -0.25) is 0 Å². The molecule has 3 N–H and O–H groups in total. The predicted octanol–water partition coefficient (Wildman–Crippen LogP) is 6.71. The number of nitrogens with two attached hydrogens (primary N) is 1. The smallest absolute Gasteiger partial charge is 0.106 e. The molecule has 0 fully saturated rings. The number of aryl methyl sites for hydroxylation is 1. The van der Waals surface area contributed by atoms with Crippen molar-refractivity contribution in [3.05, 3.63) is 17.7 Å². The van der Waals surface area contributed by atoms with Crippen molar-refractivity contribution in [2.24, 2.45) is 11.7 Å². The van der Waals surface area contributed by atoms with Crippen LogP contribution < -0.4 is 5.73 Å². The maximum absolute atomic E-state index is 6.28. The SMILES string of the molecule is CCCCCCCCCC(N)CCCCCCC(C)Cc1ncc(C)[nH]1. The number of rotatable bonds is 17. The topological polar surface area (TPSA) is 54.7 Å². The van der Waals surface area contributed by atoms with Crippen LogP contribution in [0, 0.1) is 12.8 Å². The zero-order valence-corrected chi connectivity index (χ0v) is 17.9. The molecule has 0 bridgehead atoms. The second-order valence-electron chi connectivity index (χ2n) is 8.48. The molecule has 0 spiro atoms. The number of aromatic nitrogens is 2. The third-order valence-electron chi connectivity index (χ3n) is 5.50. The minimum Gasteiger partial charge on any atom is -0.346 e. The van der Waals surface area contributed by atoms with Crippen LogP contribution in [0.4, 0.5) is 0 Å². The van der Waals surface area contributed by atoms with Crippen LogP contribution >= 0.6 is 0 Å². The molecule has 26 heavy (non-hydrogen) atoms. The van der Waals surface area contributed by atoms with E-state index >= 15 is 0 Å². The summed E-state index contributed by atoms with van der Waals surface area (Å²) in [5.74, 6) is 1.87. The lowest BCUT2D eigenvalue weighted by Crippen LogP contribution is -2.19. The van der Waals surface area contributed by atoms with Crippen molar-refractivity contribution >= 4 is 0 Å². The van der Waals surface area contributed by atoms with Crippen LogP contribution in [0.5, 0.6) is 0 Å². The van der Waals surface area contributed by atoms with Crippen LogP contribution in [0.2, 0.25) is 0 Å². The van der Waals surface area contributed by atoms with Crippen LogP contribution in [0.1, 0.15) is 115 Å². The van der Waals surface area contributed by atoms with Crippen LogP contribution in [0.25, 0.3) is 0 Å². The first-order valence-electron chi connectivity index (χ1n) is 11.4. The highest BCUT2D eigenvalue weighted by atomic mass is 14.9. The summed E-state index contributed by atoms with van der Waals surface area (Å²) < 4.78 is 0. The Kier molecular flexibility index (Phi) is 13.6. The molecule has 2 unspecified atom stereocenters. The summed E-state index contributed by atoms with van der Waals surface area (Å²) in [6.45, 7) is 6.69. The van der Waals surface area contributed by atoms with Crippen LogP contribution in [-0.2, 0) is 6.42 Å². The number of aromatic amines is 1. The lowest BCUT2D eigenvalue weighted by molar-refractivity contribution is 0.457. The van der Waals surface area contributed by atoms with Gasteiger partial charge in [0.05, 0.1) is 0 Å². The normalized spacial score (nSPS) is 13.8. The van der Waals surface area contributed by atoms with Gasteiger partial charge in [-0.05, 0) is 25.7 Å². The van der Waals surface area contributed by atoms with E-state index in [1.807, 2.05) is 6.20 Å². The largest absolute Gasteiger partial charge is 0.346 e. The molecule has 0 amide bonds. The van der Waals surface area contributed by atoms with Crippen LogP contribution in [-0.4, -0.2) is 16.0 Å². The lowest BCUT2D eigenvalue weighted by Gasteiger charge is -2.12. The molecule has 0 aromatic carbocycles. The highest BCUT2D eigenvalue weighted by molar-refractivity contribution is 4.98. The number of unbranched alkanes of at least 4 members (excludes halogenated alkanes) is 9. The van der Waals surface area contributed by atoms with Crippen molar-refractivity contribution in [3.63, 3.8) is 0 Å². The third kappa shape index (κ3) is 12.5. The number of hydrogen-bond donors (Lipinski definition) is 2. The molecular formula is C23H45N3. The van der Waals surface area contributed by atoms with Gasteiger partial charge in [0, 0.05) is 24.4 Å². The summed E-state index contributed by atoms with van der Waals surface area (Å²) in [6, 6.07) is 0.437. The maximum Gasteiger partial charge on any atom is 0.106 e. The second kappa shape index (κ2) is 15.2. The van der Waals surface area contributed by atoms with E-state index in [-0.39, 0.29) is 0 Å². The highest BCUT2D eigenvalue weighted by Crippen LogP contribution is 2.16. The monoisotopic (exact) mass is 363 g/mol. The first kappa shape index (κ1) is 23.2. The van der Waals surface area contributed by atoms with E-state index in [2.05, 4.69) is 30.7 Å². The van der Waals surface area contributed by atoms with Gasteiger partial charge in [0.1, 0.15) is 5.82 Å². The van der Waals surface area contributed by atoms with E-state index in [1.54, 1.807) is 0 Å². The molecule has 3 heteroatoms. The Hall–Kier alpha value is -0.830. The molecule has 1 aromatic rings. The van der Waals surface area contributed by atoms with E-state index in [1.165, 1.54) is 95.6 Å². The molecule has 0 radical (unpaired) electrons. The number of nitrogens with one attached hydrogen (secondary N) is 1. The molecule has 0 aliphatic heterocycles. The van der Waals surface area contributed by atoms with Crippen molar-refractivity contribution in [1.29, 1.82) is 0 Å². The van der Waals surface area contributed by atoms with Crippen LogP contribution in [0.3, 0.4) is 0 Å². The standard InChI is InChI=1S/C23H45N3/c1-4-5-6-7-8-9-13-16-22(24)17-14-11-10-12-15-20(2)18-23-25-19-21(3)26-23/h19-20,22H,4-18,24H2,1-3H3,(H,25,26). The summed E-state index contributed by atoms with van der Waals surface area (Å²) in [7, 11) is 0. The van der Waals surface area contributed by atoms with Gasteiger partial charge in [-0.1, -0.05) is 90.9 Å². The minimum absolute atomic E-state index is 0.437. The zero-order chi connectivity index (χ0) is 19.0. The van der Waals surface area contributed by atoms with E-state index in [0.29, 0.717) is 6.04 Å². The molecule has 1 heterocycles. The molecule has 0 saturated carbocycles. The molecule has 1 aromatic heterocycles. The first-order valence-corrected chi connectivity index (χ1v) is 11.4. The van der Waals surface area contributed by atoms with E-state index in [4.69, 9.17) is 5.73 Å². The minimum atomic E-state index is 0.437. The Morgan fingerprint density at radius 3 is 1.96 bits per heavy atom. The Bertz CT molecular complexity index is 427. The Morgan fingerprint density at radius 2 is 1.42 bits per heavy atom.